The fourth-order valence-corrected chi connectivity index (χ4v) is 2.82. The summed E-state index contributed by atoms with van der Waals surface area (Å²) in [5.41, 5.74) is 1.45. The number of fused-ring (bicyclic) bond motifs is 1. The van der Waals surface area contributed by atoms with Crippen LogP contribution in [0.3, 0.4) is 0 Å². The zero-order valence-corrected chi connectivity index (χ0v) is 12.9. The van der Waals surface area contributed by atoms with Crippen LogP contribution < -0.4 is 5.63 Å². The quantitative estimate of drug-likeness (QED) is 0.414. The highest BCUT2D eigenvalue weighted by atomic mass is 16.6. The van der Waals surface area contributed by atoms with Gasteiger partial charge < -0.3 is 9.25 Å². The monoisotopic (exact) mass is 336 g/mol. The summed E-state index contributed by atoms with van der Waals surface area (Å²) >= 11 is 0. The molecule has 2 heterocycles. The second-order valence-corrected chi connectivity index (χ2v) is 5.67. The molecule has 0 spiro atoms. The number of hydrogen-bond acceptors (Lipinski definition) is 6. The molecule has 25 heavy (non-hydrogen) atoms. The van der Waals surface area contributed by atoms with Gasteiger partial charge in [0.15, 0.2) is 6.10 Å². The SMILES string of the molecule is O=c1oc2ccccc2cc1C1=NO[C@H](c2cccc([N+](=O)[O-])c2)C1. The first-order valence-electron chi connectivity index (χ1n) is 7.62. The standard InChI is InChI=1S/C18H12N2O5/c21-18-14(9-12-4-1-2-7-16(12)24-18)15-10-17(25-19-15)11-5-3-6-13(8-11)20(22)23/h1-9,17H,10H2/t17-/m0/s1. The molecule has 1 aromatic heterocycles. The van der Waals surface area contributed by atoms with E-state index in [2.05, 4.69) is 5.16 Å². The van der Waals surface area contributed by atoms with E-state index in [1.165, 1.54) is 12.1 Å². The minimum Gasteiger partial charge on any atom is -0.422 e. The molecule has 0 amide bonds. The first-order chi connectivity index (χ1) is 12.1. The largest absolute Gasteiger partial charge is 0.422 e. The third-order valence-corrected chi connectivity index (χ3v) is 4.07. The molecule has 1 aliphatic rings. The van der Waals surface area contributed by atoms with Crippen molar-refractivity contribution in [1.82, 2.24) is 0 Å². The molecule has 0 saturated heterocycles. The van der Waals surface area contributed by atoms with Crippen molar-refractivity contribution in [3.63, 3.8) is 0 Å². The van der Waals surface area contributed by atoms with E-state index in [4.69, 9.17) is 9.25 Å². The van der Waals surface area contributed by atoms with Gasteiger partial charge in [-0.1, -0.05) is 35.5 Å². The number of non-ortho nitro benzene ring substituents is 1. The number of hydrogen-bond donors (Lipinski definition) is 0. The van der Waals surface area contributed by atoms with E-state index in [-0.39, 0.29) is 5.69 Å². The molecular formula is C18H12N2O5. The van der Waals surface area contributed by atoms with Gasteiger partial charge in [-0.05, 0) is 12.1 Å². The van der Waals surface area contributed by atoms with Crippen LogP contribution in [-0.4, -0.2) is 10.6 Å². The van der Waals surface area contributed by atoms with Crippen LogP contribution in [0.4, 0.5) is 5.69 Å². The molecule has 1 aliphatic heterocycles. The topological polar surface area (TPSA) is 94.9 Å². The highest BCUT2D eigenvalue weighted by Crippen LogP contribution is 2.31. The average Bonchev–Trinajstić information content (AvgIpc) is 3.11. The van der Waals surface area contributed by atoms with Crippen LogP contribution in [0.2, 0.25) is 0 Å². The zero-order chi connectivity index (χ0) is 17.4. The summed E-state index contributed by atoms with van der Waals surface area (Å²) < 4.78 is 5.32. The molecule has 2 aromatic carbocycles. The Hall–Kier alpha value is -3.48. The Morgan fingerprint density at radius 1 is 1.12 bits per heavy atom. The molecule has 0 fully saturated rings. The molecule has 0 N–H and O–H groups in total. The third kappa shape index (κ3) is 2.76. The Morgan fingerprint density at radius 3 is 2.80 bits per heavy atom. The lowest BCUT2D eigenvalue weighted by atomic mass is 10.0. The van der Waals surface area contributed by atoms with E-state index < -0.39 is 16.7 Å². The predicted molar refractivity (Wildman–Crippen MR) is 90.6 cm³/mol. The lowest BCUT2D eigenvalue weighted by Gasteiger charge is -2.07. The van der Waals surface area contributed by atoms with Gasteiger partial charge in [0.2, 0.25) is 0 Å². The maximum absolute atomic E-state index is 12.2. The van der Waals surface area contributed by atoms with E-state index in [1.54, 1.807) is 30.3 Å². The van der Waals surface area contributed by atoms with Crippen molar-refractivity contribution in [2.24, 2.45) is 5.16 Å². The highest BCUT2D eigenvalue weighted by Gasteiger charge is 2.27. The van der Waals surface area contributed by atoms with Crippen molar-refractivity contribution >= 4 is 22.4 Å². The number of rotatable bonds is 3. The fourth-order valence-electron chi connectivity index (χ4n) is 2.82. The Morgan fingerprint density at radius 2 is 1.96 bits per heavy atom. The number of benzene rings is 2. The minimum atomic E-state index is -0.485. The normalized spacial score (nSPS) is 16.5. The fraction of sp³-hybridized carbons (Fsp3) is 0.111. The summed E-state index contributed by atoms with van der Waals surface area (Å²) in [6, 6.07) is 15.1. The summed E-state index contributed by atoms with van der Waals surface area (Å²) in [4.78, 5) is 28.1. The Kier molecular flexibility index (Phi) is 3.53. The Balaban J connectivity index is 1.64. The van der Waals surface area contributed by atoms with Crippen LogP contribution in [0, 0.1) is 10.1 Å². The molecule has 0 bridgehead atoms. The van der Waals surface area contributed by atoms with Gasteiger partial charge in [-0.25, -0.2) is 4.79 Å². The zero-order valence-electron chi connectivity index (χ0n) is 12.9. The van der Waals surface area contributed by atoms with Crippen LogP contribution in [-0.2, 0) is 4.84 Å². The third-order valence-electron chi connectivity index (χ3n) is 4.07. The van der Waals surface area contributed by atoms with Crippen LogP contribution in [0.25, 0.3) is 11.0 Å². The summed E-state index contributed by atoms with van der Waals surface area (Å²) in [6.07, 6.45) is -0.134. The van der Waals surface area contributed by atoms with Gasteiger partial charge in [0.05, 0.1) is 16.2 Å². The Labute approximate surface area is 141 Å². The maximum Gasteiger partial charge on any atom is 0.345 e. The van der Waals surface area contributed by atoms with Gasteiger partial charge in [0, 0.05) is 29.5 Å². The van der Waals surface area contributed by atoms with Crippen molar-refractivity contribution in [3.8, 4) is 0 Å². The first kappa shape index (κ1) is 15.1. The highest BCUT2D eigenvalue weighted by molar-refractivity contribution is 6.02. The number of nitro benzene ring substituents is 1. The van der Waals surface area contributed by atoms with E-state index >= 15 is 0 Å². The van der Waals surface area contributed by atoms with Gasteiger partial charge in [-0.2, -0.15) is 0 Å². The summed E-state index contributed by atoms with van der Waals surface area (Å²) in [5.74, 6) is 0. The second kappa shape index (κ2) is 5.86. The van der Waals surface area contributed by atoms with Crippen LogP contribution in [0.5, 0.6) is 0 Å². The number of para-hydroxylation sites is 1. The van der Waals surface area contributed by atoms with Gasteiger partial charge in [0.25, 0.3) is 5.69 Å². The van der Waals surface area contributed by atoms with Crippen LogP contribution >= 0.6 is 0 Å². The molecule has 7 nitrogen and oxygen atoms in total. The first-order valence-corrected chi connectivity index (χ1v) is 7.62. The van der Waals surface area contributed by atoms with Gasteiger partial charge >= 0.3 is 5.63 Å². The molecule has 0 radical (unpaired) electrons. The van der Waals surface area contributed by atoms with Gasteiger partial charge in [-0.3, -0.25) is 10.1 Å². The number of oxime groups is 1. The second-order valence-electron chi connectivity index (χ2n) is 5.67. The van der Waals surface area contributed by atoms with Crippen molar-refractivity contribution in [2.75, 3.05) is 0 Å². The molecular weight excluding hydrogens is 324 g/mol. The molecule has 124 valence electrons. The van der Waals surface area contributed by atoms with Crippen molar-refractivity contribution < 1.29 is 14.2 Å². The van der Waals surface area contributed by atoms with Crippen molar-refractivity contribution in [1.29, 1.82) is 0 Å². The maximum atomic E-state index is 12.2. The van der Waals surface area contributed by atoms with Gasteiger partial charge in [0.1, 0.15) is 5.58 Å². The molecule has 4 rings (SSSR count). The molecule has 0 unspecified atom stereocenters. The van der Waals surface area contributed by atoms with E-state index in [1.807, 2.05) is 12.1 Å². The molecule has 7 heteroatoms. The number of nitro groups is 1. The smallest absolute Gasteiger partial charge is 0.345 e. The summed E-state index contributed by atoms with van der Waals surface area (Å²) in [7, 11) is 0. The predicted octanol–water partition coefficient (Wildman–Crippen LogP) is 3.57. The van der Waals surface area contributed by atoms with Crippen LogP contribution in [0.1, 0.15) is 23.7 Å². The minimum absolute atomic E-state index is 0.0141. The van der Waals surface area contributed by atoms with Crippen molar-refractivity contribution in [3.05, 3.63) is 86.3 Å². The van der Waals surface area contributed by atoms with Gasteiger partial charge in [-0.15, -0.1) is 0 Å². The lowest BCUT2D eigenvalue weighted by molar-refractivity contribution is -0.385. The molecule has 0 aliphatic carbocycles. The van der Waals surface area contributed by atoms with E-state index in [0.717, 1.165) is 5.39 Å². The molecule has 3 aromatic rings. The average molecular weight is 336 g/mol. The molecule has 1 atom stereocenters. The Bertz CT molecular complexity index is 1070. The van der Waals surface area contributed by atoms with Crippen molar-refractivity contribution in [2.45, 2.75) is 12.5 Å². The van der Waals surface area contributed by atoms with Crippen LogP contribution in [0.15, 0.2) is 69.0 Å². The van der Waals surface area contributed by atoms with E-state index in [0.29, 0.717) is 28.8 Å². The molecule has 0 saturated carbocycles. The number of nitrogens with zero attached hydrogens (tertiary/aromatic N) is 2. The summed E-state index contributed by atoms with van der Waals surface area (Å²) in [6.45, 7) is 0. The van der Waals surface area contributed by atoms with E-state index in [9.17, 15) is 14.9 Å². The summed E-state index contributed by atoms with van der Waals surface area (Å²) in [5, 5.41) is 15.7. The lowest BCUT2D eigenvalue weighted by Crippen LogP contribution is -2.13.